The van der Waals surface area contributed by atoms with Gasteiger partial charge in [0.25, 0.3) is 11.8 Å². The lowest BCUT2D eigenvalue weighted by atomic mass is 9.87. The number of hydrogen-bond donors (Lipinski definition) is 0. The number of imide groups is 1. The quantitative estimate of drug-likeness (QED) is 0.361. The first kappa shape index (κ1) is 25.6. The Labute approximate surface area is 193 Å². The molecule has 33 heavy (non-hydrogen) atoms. The Morgan fingerprint density at radius 3 is 2.30 bits per heavy atom. The molecule has 0 aliphatic carbocycles. The fourth-order valence-corrected chi connectivity index (χ4v) is 3.51. The van der Waals surface area contributed by atoms with Gasteiger partial charge in [0.15, 0.2) is 0 Å². The standard InChI is InChI=1S/C23H29N3O7/c1-6-32-20(29)23(12-7-13-24)19(28)25(14-15-26(23)21(30)33-22(2,3)4)18(27)16-8-10-17(31-5)11-9-16/h8-11H,6-7,12,14-15H2,1-5H3. The first-order valence-electron chi connectivity index (χ1n) is 10.6. The molecule has 1 fully saturated rings. The summed E-state index contributed by atoms with van der Waals surface area (Å²) in [6.45, 7) is 6.13. The van der Waals surface area contributed by atoms with Gasteiger partial charge < -0.3 is 14.2 Å². The van der Waals surface area contributed by atoms with Crippen LogP contribution in [-0.4, -0.2) is 71.6 Å². The van der Waals surface area contributed by atoms with Gasteiger partial charge in [-0.25, -0.2) is 9.59 Å². The number of nitriles is 1. The zero-order chi connectivity index (χ0) is 24.8. The summed E-state index contributed by atoms with van der Waals surface area (Å²) < 4.78 is 15.7. The molecule has 0 aromatic heterocycles. The predicted molar refractivity (Wildman–Crippen MR) is 116 cm³/mol. The lowest BCUT2D eigenvalue weighted by molar-refractivity contribution is -0.171. The van der Waals surface area contributed by atoms with Gasteiger partial charge in [0, 0.05) is 31.5 Å². The minimum atomic E-state index is -2.20. The smallest absolute Gasteiger partial charge is 0.411 e. The largest absolute Gasteiger partial charge is 0.497 e. The Kier molecular flexibility index (Phi) is 8.03. The van der Waals surface area contributed by atoms with Crippen molar-refractivity contribution in [2.24, 2.45) is 0 Å². The van der Waals surface area contributed by atoms with Crippen molar-refractivity contribution >= 4 is 23.9 Å². The highest BCUT2D eigenvalue weighted by Crippen LogP contribution is 2.32. The van der Waals surface area contributed by atoms with E-state index in [1.54, 1.807) is 39.8 Å². The predicted octanol–water partition coefficient (Wildman–Crippen LogP) is 2.52. The second-order valence-corrected chi connectivity index (χ2v) is 8.36. The lowest BCUT2D eigenvalue weighted by Crippen LogP contribution is -2.72. The molecular weight excluding hydrogens is 430 g/mol. The van der Waals surface area contributed by atoms with Crippen molar-refractivity contribution < 1.29 is 33.4 Å². The van der Waals surface area contributed by atoms with Crippen molar-refractivity contribution in [2.45, 2.75) is 51.7 Å². The average Bonchev–Trinajstić information content (AvgIpc) is 2.76. The SMILES string of the molecule is CCOC(=O)C1(CCC#N)C(=O)N(C(=O)c2ccc(OC)cc2)CCN1C(=O)OC(C)(C)C. The second kappa shape index (κ2) is 10.3. The van der Waals surface area contributed by atoms with E-state index < -0.39 is 35.0 Å². The van der Waals surface area contributed by atoms with E-state index in [1.807, 2.05) is 6.07 Å². The zero-order valence-electron chi connectivity index (χ0n) is 19.5. The van der Waals surface area contributed by atoms with Crippen molar-refractivity contribution in [3.05, 3.63) is 29.8 Å². The van der Waals surface area contributed by atoms with Gasteiger partial charge >= 0.3 is 12.1 Å². The number of ether oxygens (including phenoxy) is 3. The topological polar surface area (TPSA) is 126 Å². The molecule has 1 aromatic rings. The number of piperazine rings is 1. The van der Waals surface area contributed by atoms with Crippen molar-refractivity contribution in [3.8, 4) is 11.8 Å². The van der Waals surface area contributed by atoms with Crippen LogP contribution in [0.25, 0.3) is 0 Å². The molecule has 10 nitrogen and oxygen atoms in total. The van der Waals surface area contributed by atoms with E-state index in [0.717, 1.165) is 9.80 Å². The molecule has 3 amide bonds. The van der Waals surface area contributed by atoms with Crippen LogP contribution in [0.3, 0.4) is 0 Å². The van der Waals surface area contributed by atoms with E-state index in [4.69, 9.17) is 14.2 Å². The van der Waals surface area contributed by atoms with Crippen LogP contribution in [0, 0.1) is 11.3 Å². The van der Waals surface area contributed by atoms with Crippen LogP contribution in [0.1, 0.15) is 50.9 Å². The van der Waals surface area contributed by atoms with Crippen LogP contribution in [0.2, 0.25) is 0 Å². The number of methoxy groups -OCH3 is 1. The molecule has 0 radical (unpaired) electrons. The van der Waals surface area contributed by atoms with Crippen molar-refractivity contribution in [3.63, 3.8) is 0 Å². The molecular formula is C23H29N3O7. The highest BCUT2D eigenvalue weighted by molar-refractivity contribution is 6.17. The summed E-state index contributed by atoms with van der Waals surface area (Å²) in [6, 6.07) is 8.03. The number of carbonyl (C=O) groups is 4. The van der Waals surface area contributed by atoms with Crippen LogP contribution in [-0.2, 0) is 19.1 Å². The Bertz CT molecular complexity index is 946. The number of amides is 3. The molecule has 10 heteroatoms. The third-order valence-electron chi connectivity index (χ3n) is 5.01. The van der Waals surface area contributed by atoms with Gasteiger partial charge in [-0.15, -0.1) is 0 Å². The molecule has 1 aliphatic heterocycles. The monoisotopic (exact) mass is 459 g/mol. The molecule has 1 atom stereocenters. The first-order valence-corrected chi connectivity index (χ1v) is 10.6. The van der Waals surface area contributed by atoms with Crippen molar-refractivity contribution in [2.75, 3.05) is 26.8 Å². The Balaban J connectivity index is 2.53. The number of nitrogens with zero attached hydrogens (tertiary/aromatic N) is 3. The molecule has 1 aromatic carbocycles. The summed E-state index contributed by atoms with van der Waals surface area (Å²) in [6.07, 6.45) is -1.47. The maximum Gasteiger partial charge on any atom is 0.411 e. The van der Waals surface area contributed by atoms with E-state index >= 15 is 0 Å². The van der Waals surface area contributed by atoms with Crippen LogP contribution in [0.4, 0.5) is 4.79 Å². The molecule has 1 saturated heterocycles. The van der Waals surface area contributed by atoms with E-state index in [0.29, 0.717) is 5.75 Å². The minimum Gasteiger partial charge on any atom is -0.497 e. The van der Waals surface area contributed by atoms with E-state index in [2.05, 4.69) is 0 Å². The van der Waals surface area contributed by atoms with Crippen LogP contribution in [0.15, 0.2) is 24.3 Å². The Morgan fingerprint density at radius 1 is 1.15 bits per heavy atom. The summed E-state index contributed by atoms with van der Waals surface area (Å²) >= 11 is 0. The third kappa shape index (κ3) is 5.42. The van der Waals surface area contributed by atoms with E-state index in [-0.39, 0.29) is 38.1 Å². The van der Waals surface area contributed by atoms with Crippen LogP contribution >= 0.6 is 0 Å². The van der Waals surface area contributed by atoms with Crippen molar-refractivity contribution in [1.29, 1.82) is 5.26 Å². The summed E-state index contributed by atoms with van der Waals surface area (Å²) in [4.78, 5) is 54.9. The molecule has 1 heterocycles. The summed E-state index contributed by atoms with van der Waals surface area (Å²) in [5.41, 5.74) is -2.90. The van der Waals surface area contributed by atoms with Crippen LogP contribution < -0.4 is 4.74 Å². The lowest BCUT2D eigenvalue weighted by Gasteiger charge is -2.46. The summed E-state index contributed by atoms with van der Waals surface area (Å²) in [5, 5.41) is 9.18. The third-order valence-corrected chi connectivity index (χ3v) is 5.01. The van der Waals surface area contributed by atoms with E-state index in [1.165, 1.54) is 19.2 Å². The summed E-state index contributed by atoms with van der Waals surface area (Å²) in [5.74, 6) is -2.06. The van der Waals surface area contributed by atoms with Gasteiger partial charge in [-0.1, -0.05) is 0 Å². The molecule has 0 N–H and O–H groups in total. The second-order valence-electron chi connectivity index (χ2n) is 8.36. The van der Waals surface area contributed by atoms with E-state index in [9.17, 15) is 24.4 Å². The van der Waals surface area contributed by atoms with Crippen LogP contribution in [0.5, 0.6) is 5.75 Å². The molecule has 1 unspecified atom stereocenters. The molecule has 0 saturated carbocycles. The number of benzene rings is 1. The molecule has 1 aliphatic rings. The zero-order valence-corrected chi connectivity index (χ0v) is 19.5. The molecule has 0 bridgehead atoms. The number of hydrogen-bond acceptors (Lipinski definition) is 8. The van der Waals surface area contributed by atoms with Gasteiger partial charge in [-0.05, 0) is 52.0 Å². The van der Waals surface area contributed by atoms with Gasteiger partial charge in [0.2, 0.25) is 5.54 Å². The molecule has 0 spiro atoms. The number of carbonyl (C=O) groups excluding carboxylic acids is 4. The number of rotatable bonds is 6. The average molecular weight is 459 g/mol. The summed E-state index contributed by atoms with van der Waals surface area (Å²) in [7, 11) is 1.49. The fourth-order valence-electron chi connectivity index (χ4n) is 3.51. The minimum absolute atomic E-state index is 0.0605. The maximum absolute atomic E-state index is 13.7. The highest BCUT2D eigenvalue weighted by atomic mass is 16.6. The normalized spacial score (nSPS) is 18.4. The van der Waals surface area contributed by atoms with Gasteiger partial charge in [-0.3, -0.25) is 19.4 Å². The molecule has 2 rings (SSSR count). The number of esters is 1. The maximum atomic E-state index is 13.7. The fraction of sp³-hybridized carbons (Fsp3) is 0.522. The highest BCUT2D eigenvalue weighted by Gasteiger charge is 2.60. The molecule has 178 valence electrons. The van der Waals surface area contributed by atoms with Gasteiger partial charge in [0.05, 0.1) is 19.8 Å². The van der Waals surface area contributed by atoms with Gasteiger partial charge in [-0.2, -0.15) is 5.26 Å². The Hall–Kier alpha value is -3.61. The first-order chi connectivity index (χ1) is 15.5. The Morgan fingerprint density at radius 2 is 1.79 bits per heavy atom. The van der Waals surface area contributed by atoms with Crippen molar-refractivity contribution in [1.82, 2.24) is 9.80 Å². The van der Waals surface area contributed by atoms with Gasteiger partial charge in [0.1, 0.15) is 11.4 Å².